The summed E-state index contributed by atoms with van der Waals surface area (Å²) in [6.07, 6.45) is 2.32. The van der Waals surface area contributed by atoms with Crippen LogP contribution in [0.1, 0.15) is 30.1 Å². The maximum atomic E-state index is 8.78. The maximum absolute atomic E-state index is 8.78. The number of hydrogen-bond acceptors (Lipinski definition) is 7. The molecule has 25 heavy (non-hydrogen) atoms. The zero-order chi connectivity index (χ0) is 17.5. The van der Waals surface area contributed by atoms with Gasteiger partial charge in [0.05, 0.1) is 18.2 Å². The number of nitrogens with zero attached hydrogens (tertiary/aromatic N) is 4. The lowest BCUT2D eigenvalue weighted by atomic mass is 10.1. The van der Waals surface area contributed by atoms with E-state index in [9.17, 15) is 0 Å². The van der Waals surface area contributed by atoms with E-state index in [2.05, 4.69) is 26.4 Å². The van der Waals surface area contributed by atoms with Crippen molar-refractivity contribution in [1.82, 2.24) is 20.4 Å². The van der Waals surface area contributed by atoms with Gasteiger partial charge in [-0.3, -0.25) is 4.90 Å². The number of nitriles is 1. The Balaban J connectivity index is 1.37. The number of aryl methyl sites for hydroxylation is 1. The van der Waals surface area contributed by atoms with Crippen LogP contribution in [0, 0.1) is 18.3 Å². The number of likely N-dealkylation sites (tertiary alicyclic amines) is 1. The second-order valence-electron chi connectivity index (χ2n) is 6.24. The van der Waals surface area contributed by atoms with E-state index in [0.29, 0.717) is 24.1 Å². The van der Waals surface area contributed by atoms with Crippen LogP contribution in [0.5, 0.6) is 5.75 Å². The molecule has 1 aliphatic rings. The predicted octanol–water partition coefficient (Wildman–Crippen LogP) is 1.88. The lowest BCUT2D eigenvalue weighted by Crippen LogP contribution is -2.46. The van der Waals surface area contributed by atoms with Gasteiger partial charge in [0.1, 0.15) is 12.4 Å². The lowest BCUT2D eigenvalue weighted by Gasteiger charge is -2.32. The molecule has 132 valence electrons. The summed E-state index contributed by atoms with van der Waals surface area (Å²) in [6.45, 7) is 5.98. The summed E-state index contributed by atoms with van der Waals surface area (Å²) in [4.78, 5) is 6.63. The van der Waals surface area contributed by atoms with Crippen molar-refractivity contribution in [2.75, 3.05) is 26.2 Å². The Labute approximate surface area is 147 Å². The van der Waals surface area contributed by atoms with Crippen LogP contribution in [0.25, 0.3) is 0 Å². The van der Waals surface area contributed by atoms with E-state index >= 15 is 0 Å². The molecule has 1 atom stereocenters. The van der Waals surface area contributed by atoms with Gasteiger partial charge in [-0.2, -0.15) is 10.2 Å². The first-order valence-corrected chi connectivity index (χ1v) is 8.61. The van der Waals surface area contributed by atoms with Crippen molar-refractivity contribution in [3.63, 3.8) is 0 Å². The lowest BCUT2D eigenvalue weighted by molar-refractivity contribution is 0.173. The zero-order valence-corrected chi connectivity index (χ0v) is 14.4. The Kier molecular flexibility index (Phi) is 5.99. The number of benzene rings is 1. The molecule has 1 aromatic heterocycles. The molecule has 1 aliphatic heterocycles. The molecule has 1 N–H and O–H groups in total. The van der Waals surface area contributed by atoms with Gasteiger partial charge in [0, 0.05) is 26.1 Å². The summed E-state index contributed by atoms with van der Waals surface area (Å²) in [5, 5.41) is 16.3. The van der Waals surface area contributed by atoms with Crippen LogP contribution in [-0.4, -0.2) is 47.3 Å². The van der Waals surface area contributed by atoms with Crippen LogP contribution in [0.15, 0.2) is 28.8 Å². The highest BCUT2D eigenvalue weighted by Crippen LogP contribution is 2.13. The molecule has 0 aliphatic carbocycles. The standard InChI is InChI=1S/C18H23N5O2/c1-14-21-18(22-25-14)13-23-9-2-3-16(12-23)20-8-10-24-17-6-4-15(11-19)5-7-17/h4-7,16,20H,2-3,8-10,12-13H2,1H3. The van der Waals surface area contributed by atoms with Gasteiger partial charge in [-0.25, -0.2) is 0 Å². The summed E-state index contributed by atoms with van der Waals surface area (Å²) < 4.78 is 10.7. The molecule has 1 saturated heterocycles. The van der Waals surface area contributed by atoms with E-state index in [-0.39, 0.29) is 0 Å². The monoisotopic (exact) mass is 341 g/mol. The molecule has 7 heteroatoms. The molecule has 0 spiro atoms. The van der Waals surface area contributed by atoms with Crippen molar-refractivity contribution < 1.29 is 9.26 Å². The molecule has 0 saturated carbocycles. The first-order valence-electron chi connectivity index (χ1n) is 8.61. The molecule has 2 aromatic rings. The minimum atomic E-state index is 0.450. The topological polar surface area (TPSA) is 87.2 Å². The van der Waals surface area contributed by atoms with E-state index in [0.717, 1.165) is 44.2 Å². The summed E-state index contributed by atoms with van der Waals surface area (Å²) >= 11 is 0. The second-order valence-corrected chi connectivity index (χ2v) is 6.24. The van der Waals surface area contributed by atoms with E-state index in [1.165, 1.54) is 6.42 Å². The summed E-state index contributed by atoms with van der Waals surface area (Å²) in [7, 11) is 0. The number of piperidine rings is 1. The van der Waals surface area contributed by atoms with Crippen LogP contribution in [0.3, 0.4) is 0 Å². The molecule has 0 radical (unpaired) electrons. The van der Waals surface area contributed by atoms with Crippen molar-refractivity contribution in [2.45, 2.75) is 32.4 Å². The molecule has 1 unspecified atom stereocenters. The fraction of sp³-hybridized carbons (Fsp3) is 0.500. The highest BCUT2D eigenvalue weighted by molar-refractivity contribution is 5.34. The molecule has 1 aromatic carbocycles. The minimum absolute atomic E-state index is 0.450. The molecule has 0 bridgehead atoms. The van der Waals surface area contributed by atoms with Crippen molar-refractivity contribution >= 4 is 0 Å². The number of nitrogens with one attached hydrogen (secondary N) is 1. The smallest absolute Gasteiger partial charge is 0.223 e. The average Bonchev–Trinajstić information content (AvgIpc) is 3.04. The summed E-state index contributed by atoms with van der Waals surface area (Å²) in [6, 6.07) is 9.74. The SMILES string of the molecule is Cc1nc(CN2CCCC(NCCOc3ccc(C#N)cc3)C2)no1. The predicted molar refractivity (Wildman–Crippen MR) is 92.0 cm³/mol. The maximum Gasteiger partial charge on any atom is 0.223 e. The van der Waals surface area contributed by atoms with Gasteiger partial charge in [-0.15, -0.1) is 0 Å². The Bertz CT molecular complexity index is 707. The molecule has 7 nitrogen and oxygen atoms in total. The third-order valence-corrected chi connectivity index (χ3v) is 4.23. The third kappa shape index (κ3) is 5.28. The van der Waals surface area contributed by atoms with Gasteiger partial charge in [0.2, 0.25) is 5.89 Å². The second kappa shape index (κ2) is 8.60. The first kappa shape index (κ1) is 17.4. The largest absolute Gasteiger partial charge is 0.492 e. The fourth-order valence-electron chi connectivity index (χ4n) is 3.03. The van der Waals surface area contributed by atoms with Crippen molar-refractivity contribution in [1.29, 1.82) is 5.26 Å². The van der Waals surface area contributed by atoms with Crippen LogP contribution in [0.4, 0.5) is 0 Å². The van der Waals surface area contributed by atoms with Gasteiger partial charge < -0.3 is 14.6 Å². The normalized spacial score (nSPS) is 18.0. The van der Waals surface area contributed by atoms with Gasteiger partial charge in [-0.1, -0.05) is 5.16 Å². The molecular formula is C18H23N5O2. The average molecular weight is 341 g/mol. The number of rotatable bonds is 7. The van der Waals surface area contributed by atoms with Crippen molar-refractivity contribution in [2.24, 2.45) is 0 Å². The van der Waals surface area contributed by atoms with Crippen LogP contribution >= 0.6 is 0 Å². The van der Waals surface area contributed by atoms with Gasteiger partial charge in [0.15, 0.2) is 5.82 Å². The highest BCUT2D eigenvalue weighted by Gasteiger charge is 2.20. The Morgan fingerprint density at radius 2 is 2.24 bits per heavy atom. The Morgan fingerprint density at radius 1 is 1.40 bits per heavy atom. The summed E-state index contributed by atoms with van der Waals surface area (Å²) in [5.41, 5.74) is 0.643. The van der Waals surface area contributed by atoms with E-state index < -0.39 is 0 Å². The van der Waals surface area contributed by atoms with Gasteiger partial charge in [0.25, 0.3) is 0 Å². The van der Waals surface area contributed by atoms with Gasteiger partial charge >= 0.3 is 0 Å². The van der Waals surface area contributed by atoms with E-state index in [4.69, 9.17) is 14.5 Å². The van der Waals surface area contributed by atoms with Gasteiger partial charge in [-0.05, 0) is 43.7 Å². The number of ether oxygens (including phenoxy) is 1. The fourth-order valence-corrected chi connectivity index (χ4v) is 3.03. The highest BCUT2D eigenvalue weighted by atomic mass is 16.5. The van der Waals surface area contributed by atoms with Crippen LogP contribution < -0.4 is 10.1 Å². The summed E-state index contributed by atoms with van der Waals surface area (Å²) in [5.74, 6) is 2.16. The van der Waals surface area contributed by atoms with E-state index in [1.807, 2.05) is 19.1 Å². The van der Waals surface area contributed by atoms with Crippen molar-refractivity contribution in [3.8, 4) is 11.8 Å². The Morgan fingerprint density at radius 3 is 2.96 bits per heavy atom. The quantitative estimate of drug-likeness (QED) is 0.769. The molecule has 3 rings (SSSR count). The third-order valence-electron chi connectivity index (χ3n) is 4.23. The number of hydrogen-bond donors (Lipinski definition) is 1. The van der Waals surface area contributed by atoms with Crippen LogP contribution in [0.2, 0.25) is 0 Å². The van der Waals surface area contributed by atoms with Crippen LogP contribution in [-0.2, 0) is 6.54 Å². The molecule has 1 fully saturated rings. The number of aromatic nitrogens is 2. The zero-order valence-electron chi connectivity index (χ0n) is 14.4. The van der Waals surface area contributed by atoms with Crippen molar-refractivity contribution in [3.05, 3.63) is 41.5 Å². The Hall–Kier alpha value is -2.43. The minimum Gasteiger partial charge on any atom is -0.492 e. The molecule has 0 amide bonds. The first-order chi connectivity index (χ1) is 12.2. The molecular weight excluding hydrogens is 318 g/mol. The van der Waals surface area contributed by atoms with E-state index in [1.54, 1.807) is 12.1 Å². The molecule has 2 heterocycles.